The van der Waals surface area contributed by atoms with E-state index in [-0.39, 0.29) is 24.0 Å². The molecule has 0 unspecified atom stereocenters. The number of rotatable bonds is 9. The van der Waals surface area contributed by atoms with Crippen LogP contribution in [0.4, 0.5) is 23.7 Å². The molecule has 1 fully saturated rings. The van der Waals surface area contributed by atoms with Crippen LogP contribution in [0.1, 0.15) is 30.0 Å². The number of alkyl halides is 3. The van der Waals surface area contributed by atoms with Crippen LogP contribution in [0.5, 0.6) is 5.75 Å². The van der Waals surface area contributed by atoms with Crippen molar-refractivity contribution in [1.29, 1.82) is 0 Å². The summed E-state index contributed by atoms with van der Waals surface area (Å²) in [6.45, 7) is 4.12. The topological polar surface area (TPSA) is 98.9 Å². The molecule has 2 heterocycles. The number of benzene rings is 3. The fourth-order valence-corrected chi connectivity index (χ4v) is 5.40. The molecule has 2 amide bonds. The monoisotopic (exact) mass is 623 g/mol. The van der Waals surface area contributed by atoms with E-state index in [4.69, 9.17) is 4.74 Å². The summed E-state index contributed by atoms with van der Waals surface area (Å²) < 4.78 is 47.9. The standard InChI is InChI=1S/C31H28F3N5O4S/c1-3-4-22-8-5-20(2)17-26(22)39-27(40)18-44-29(39)36-30(41)42-16-15-21-6-9-23(10-7-21)28-35-19-38(37-28)24-11-13-25(14-12-24)43-31(32,33)34/h5-14,17,19H,3-4,15-16,18H2,1-2H3. The highest BCUT2D eigenvalue weighted by Gasteiger charge is 2.32. The lowest BCUT2D eigenvalue weighted by atomic mass is 10.0. The molecule has 0 spiro atoms. The first-order chi connectivity index (χ1) is 21.1. The van der Waals surface area contributed by atoms with Crippen molar-refractivity contribution in [2.24, 2.45) is 4.99 Å². The van der Waals surface area contributed by atoms with Gasteiger partial charge in [0.1, 0.15) is 12.1 Å². The Labute approximate surface area is 255 Å². The maximum atomic E-state index is 12.7. The molecule has 228 valence electrons. The van der Waals surface area contributed by atoms with Crippen LogP contribution in [-0.2, 0) is 22.4 Å². The minimum atomic E-state index is -4.76. The number of halogens is 3. The second kappa shape index (κ2) is 13.3. The number of ether oxygens (including phenoxy) is 2. The molecule has 1 saturated heterocycles. The average Bonchev–Trinajstić information content (AvgIpc) is 3.61. The molecule has 1 aromatic heterocycles. The number of thioether (sulfide) groups is 1. The van der Waals surface area contributed by atoms with Gasteiger partial charge in [0.15, 0.2) is 11.0 Å². The Morgan fingerprint density at radius 2 is 1.80 bits per heavy atom. The molecule has 1 aliphatic rings. The van der Waals surface area contributed by atoms with Gasteiger partial charge in [0, 0.05) is 12.0 Å². The maximum Gasteiger partial charge on any atom is 0.573 e. The van der Waals surface area contributed by atoms with Gasteiger partial charge >= 0.3 is 12.5 Å². The highest BCUT2D eigenvalue weighted by Crippen LogP contribution is 2.31. The smallest absolute Gasteiger partial charge is 0.448 e. The van der Waals surface area contributed by atoms with Gasteiger partial charge in [-0.1, -0.05) is 61.5 Å². The third-order valence-electron chi connectivity index (χ3n) is 6.61. The average molecular weight is 624 g/mol. The summed E-state index contributed by atoms with van der Waals surface area (Å²) in [5.74, 6) is 0.178. The van der Waals surface area contributed by atoms with Gasteiger partial charge in [-0.3, -0.25) is 9.69 Å². The number of carbonyl (C=O) groups is 2. The van der Waals surface area contributed by atoms with Crippen LogP contribution in [0.25, 0.3) is 17.1 Å². The number of hydrogen-bond acceptors (Lipinski definition) is 7. The van der Waals surface area contributed by atoms with Crippen LogP contribution in [0.2, 0.25) is 0 Å². The highest BCUT2D eigenvalue weighted by molar-refractivity contribution is 8.15. The lowest BCUT2D eigenvalue weighted by Crippen LogP contribution is -2.31. The van der Waals surface area contributed by atoms with Crippen molar-refractivity contribution in [2.75, 3.05) is 17.3 Å². The lowest BCUT2D eigenvalue weighted by Gasteiger charge is -2.20. The van der Waals surface area contributed by atoms with Crippen molar-refractivity contribution in [2.45, 2.75) is 39.5 Å². The van der Waals surface area contributed by atoms with Gasteiger partial charge in [0.2, 0.25) is 5.91 Å². The van der Waals surface area contributed by atoms with Crippen LogP contribution in [0.15, 0.2) is 78.0 Å². The number of carbonyl (C=O) groups excluding carboxylic acids is 2. The van der Waals surface area contributed by atoms with Crippen molar-refractivity contribution in [3.63, 3.8) is 0 Å². The van der Waals surface area contributed by atoms with Gasteiger partial charge in [-0.05, 0) is 60.4 Å². The predicted octanol–water partition coefficient (Wildman–Crippen LogP) is 6.91. The van der Waals surface area contributed by atoms with Gasteiger partial charge in [0.05, 0.1) is 23.7 Å². The molecule has 0 atom stereocenters. The van der Waals surface area contributed by atoms with Gasteiger partial charge in [-0.25, -0.2) is 14.5 Å². The summed E-state index contributed by atoms with van der Waals surface area (Å²) >= 11 is 1.21. The van der Waals surface area contributed by atoms with E-state index >= 15 is 0 Å². The van der Waals surface area contributed by atoms with E-state index in [1.165, 1.54) is 51.9 Å². The molecule has 0 aliphatic carbocycles. The molecule has 13 heteroatoms. The van der Waals surface area contributed by atoms with Crippen LogP contribution in [0, 0.1) is 6.92 Å². The molecular formula is C31H28F3N5O4S. The number of amides is 2. The van der Waals surface area contributed by atoms with E-state index < -0.39 is 12.5 Å². The van der Waals surface area contributed by atoms with Crippen LogP contribution in [-0.4, -0.2) is 50.7 Å². The van der Waals surface area contributed by atoms with Crippen LogP contribution >= 0.6 is 11.8 Å². The van der Waals surface area contributed by atoms with E-state index in [0.717, 1.165) is 40.8 Å². The fraction of sp³-hybridized carbons (Fsp3) is 0.258. The Balaban J connectivity index is 1.17. The first-order valence-electron chi connectivity index (χ1n) is 13.8. The number of aromatic nitrogens is 3. The zero-order chi connectivity index (χ0) is 31.3. The van der Waals surface area contributed by atoms with Crippen LogP contribution in [0.3, 0.4) is 0 Å². The quantitative estimate of drug-likeness (QED) is 0.200. The molecule has 0 N–H and O–H groups in total. The lowest BCUT2D eigenvalue weighted by molar-refractivity contribution is -0.274. The second-order valence-corrected chi connectivity index (χ2v) is 10.9. The molecule has 9 nitrogen and oxygen atoms in total. The summed E-state index contributed by atoms with van der Waals surface area (Å²) in [6, 6.07) is 18.6. The molecule has 5 rings (SSSR count). The largest absolute Gasteiger partial charge is 0.573 e. The molecule has 0 bridgehead atoms. The number of nitrogens with zero attached hydrogens (tertiary/aromatic N) is 5. The Bertz CT molecular complexity index is 1670. The predicted molar refractivity (Wildman–Crippen MR) is 161 cm³/mol. The summed E-state index contributed by atoms with van der Waals surface area (Å²) in [5.41, 5.74) is 4.94. The van der Waals surface area contributed by atoms with E-state index in [1.807, 2.05) is 49.4 Å². The third kappa shape index (κ3) is 7.64. The van der Waals surface area contributed by atoms with E-state index in [0.29, 0.717) is 23.1 Å². The third-order valence-corrected chi connectivity index (χ3v) is 7.53. The Morgan fingerprint density at radius 1 is 1.05 bits per heavy atom. The number of aryl methyl sites for hydroxylation is 2. The minimum absolute atomic E-state index is 0.0973. The summed E-state index contributed by atoms with van der Waals surface area (Å²) in [5, 5.41) is 4.71. The van der Waals surface area contributed by atoms with Gasteiger partial charge in [-0.2, -0.15) is 4.99 Å². The molecule has 4 aromatic rings. The number of anilines is 1. The van der Waals surface area contributed by atoms with E-state index in [1.54, 1.807) is 0 Å². The first kappa shape index (κ1) is 30.8. The van der Waals surface area contributed by atoms with Crippen molar-refractivity contribution < 1.29 is 32.2 Å². The summed E-state index contributed by atoms with van der Waals surface area (Å²) in [4.78, 5) is 35.2. The summed E-state index contributed by atoms with van der Waals surface area (Å²) in [7, 11) is 0. The Morgan fingerprint density at radius 3 is 2.50 bits per heavy atom. The van der Waals surface area contributed by atoms with Crippen LogP contribution < -0.4 is 9.64 Å². The van der Waals surface area contributed by atoms with Gasteiger partial charge in [-0.15, -0.1) is 18.3 Å². The highest BCUT2D eigenvalue weighted by atomic mass is 32.2. The minimum Gasteiger partial charge on any atom is -0.448 e. The SMILES string of the molecule is CCCc1ccc(C)cc1N1C(=O)CSC1=NC(=O)OCCc1ccc(-c2ncn(-c3ccc(OC(F)(F)F)cc3)n2)cc1. The zero-order valence-electron chi connectivity index (χ0n) is 23.9. The Kier molecular flexibility index (Phi) is 9.33. The van der Waals surface area contributed by atoms with Gasteiger partial charge < -0.3 is 9.47 Å². The molecule has 0 radical (unpaired) electrons. The number of hydrogen-bond donors (Lipinski definition) is 0. The first-order valence-corrected chi connectivity index (χ1v) is 14.8. The van der Waals surface area contributed by atoms with Crippen molar-refractivity contribution in [3.05, 3.63) is 89.7 Å². The van der Waals surface area contributed by atoms with Crippen molar-refractivity contribution in [1.82, 2.24) is 14.8 Å². The summed E-state index contributed by atoms with van der Waals surface area (Å²) in [6.07, 6.45) is -1.90. The van der Waals surface area contributed by atoms with Crippen molar-refractivity contribution in [3.8, 4) is 22.8 Å². The van der Waals surface area contributed by atoms with Crippen molar-refractivity contribution >= 4 is 34.6 Å². The Hall–Kier alpha value is -4.65. The van der Waals surface area contributed by atoms with E-state index in [9.17, 15) is 22.8 Å². The molecular weight excluding hydrogens is 595 g/mol. The second-order valence-electron chi connectivity index (χ2n) is 9.91. The number of amidine groups is 1. The maximum absolute atomic E-state index is 12.7. The molecule has 44 heavy (non-hydrogen) atoms. The fourth-order valence-electron chi connectivity index (χ4n) is 4.55. The number of aliphatic imine (C=N–C) groups is 1. The van der Waals surface area contributed by atoms with E-state index in [2.05, 4.69) is 26.7 Å². The zero-order valence-corrected chi connectivity index (χ0v) is 24.7. The molecule has 0 saturated carbocycles. The normalized spacial score (nSPS) is 14.3. The molecule has 1 aliphatic heterocycles. The molecule has 3 aromatic carbocycles. The van der Waals surface area contributed by atoms with Gasteiger partial charge in [0.25, 0.3) is 0 Å².